The maximum atomic E-state index is 12.3. The van der Waals surface area contributed by atoms with Crippen molar-refractivity contribution in [3.8, 4) is 11.5 Å². The first-order valence-corrected chi connectivity index (χ1v) is 9.38. The zero-order chi connectivity index (χ0) is 18.1. The quantitative estimate of drug-likeness (QED) is 0.632. The van der Waals surface area contributed by atoms with E-state index >= 15 is 0 Å². The van der Waals surface area contributed by atoms with Gasteiger partial charge in [0.1, 0.15) is 21.6 Å². The summed E-state index contributed by atoms with van der Waals surface area (Å²) in [6, 6.07) is 15.4. The summed E-state index contributed by atoms with van der Waals surface area (Å²) in [5, 5.41) is 2.68. The molecule has 2 aromatic carbocycles. The maximum absolute atomic E-state index is 12.3. The fourth-order valence-electron chi connectivity index (χ4n) is 2.84. The van der Waals surface area contributed by atoms with Crippen molar-refractivity contribution in [1.82, 2.24) is 5.32 Å². The number of benzene rings is 2. The zero-order valence-electron chi connectivity index (χ0n) is 13.9. The monoisotopic (exact) mass is 381 g/mol. The van der Waals surface area contributed by atoms with Crippen molar-refractivity contribution < 1.29 is 14.3 Å². The van der Waals surface area contributed by atoms with Crippen LogP contribution in [0.4, 0.5) is 0 Å². The minimum absolute atomic E-state index is 0.172. The second-order valence-corrected chi connectivity index (χ2v) is 7.34. The van der Waals surface area contributed by atoms with Crippen LogP contribution in [0.25, 0.3) is 11.3 Å². The third-order valence-corrected chi connectivity index (χ3v) is 5.23. The van der Waals surface area contributed by atoms with Gasteiger partial charge in [-0.15, -0.1) is 0 Å². The third kappa shape index (κ3) is 3.13. The first-order valence-electron chi connectivity index (χ1n) is 8.15. The lowest BCUT2D eigenvalue weighted by Crippen LogP contribution is -2.18. The van der Waals surface area contributed by atoms with Gasteiger partial charge in [0.15, 0.2) is 0 Å². The summed E-state index contributed by atoms with van der Waals surface area (Å²) in [5.41, 5.74) is 2.61. The van der Waals surface area contributed by atoms with Crippen LogP contribution in [-0.4, -0.2) is 16.8 Å². The second-order valence-electron chi connectivity index (χ2n) is 5.65. The molecule has 2 aliphatic rings. The van der Waals surface area contributed by atoms with E-state index in [-0.39, 0.29) is 5.91 Å². The fraction of sp³-hybridized carbons (Fsp3) is 0.100. The molecule has 2 aliphatic heterocycles. The Balaban J connectivity index is 1.81. The Kier molecular flexibility index (Phi) is 4.53. The number of fused-ring (bicyclic) bond motifs is 1. The van der Waals surface area contributed by atoms with Crippen LogP contribution >= 0.6 is 24.0 Å². The van der Waals surface area contributed by atoms with Crippen LogP contribution in [0, 0.1) is 0 Å². The molecule has 0 unspecified atom stereocenters. The SMILES string of the molecule is CCOc1ccc(C2=CC(=C3SC(=S)NC3=O)c3ccccc3O2)cc1. The Morgan fingerprint density at radius 3 is 2.62 bits per heavy atom. The largest absolute Gasteiger partial charge is 0.494 e. The smallest absolute Gasteiger partial charge is 0.264 e. The minimum Gasteiger partial charge on any atom is -0.494 e. The van der Waals surface area contributed by atoms with Crippen molar-refractivity contribution >= 4 is 45.5 Å². The van der Waals surface area contributed by atoms with E-state index < -0.39 is 0 Å². The number of para-hydroxylation sites is 1. The highest BCUT2D eigenvalue weighted by Gasteiger charge is 2.29. The van der Waals surface area contributed by atoms with Gasteiger partial charge in [0.2, 0.25) is 0 Å². The molecule has 1 fully saturated rings. The molecule has 26 heavy (non-hydrogen) atoms. The van der Waals surface area contributed by atoms with Gasteiger partial charge in [0.25, 0.3) is 5.91 Å². The summed E-state index contributed by atoms with van der Waals surface area (Å²) < 4.78 is 12.0. The Hall–Kier alpha value is -2.57. The summed E-state index contributed by atoms with van der Waals surface area (Å²) in [6.45, 7) is 2.57. The molecule has 0 radical (unpaired) electrons. The number of hydrogen-bond donors (Lipinski definition) is 1. The van der Waals surface area contributed by atoms with E-state index in [0.29, 0.717) is 27.3 Å². The molecular weight excluding hydrogens is 366 g/mol. The van der Waals surface area contributed by atoms with E-state index in [9.17, 15) is 4.79 Å². The number of allylic oxidation sites excluding steroid dienone is 2. The first-order chi connectivity index (χ1) is 12.7. The van der Waals surface area contributed by atoms with Crippen LogP contribution in [0.3, 0.4) is 0 Å². The van der Waals surface area contributed by atoms with Crippen molar-refractivity contribution in [3.05, 3.63) is 70.6 Å². The number of amides is 1. The number of carbonyl (C=O) groups excluding carboxylic acids is 1. The number of carbonyl (C=O) groups is 1. The molecule has 0 spiro atoms. The molecule has 0 saturated carbocycles. The van der Waals surface area contributed by atoms with Crippen LogP contribution in [0.5, 0.6) is 11.5 Å². The summed E-state index contributed by atoms with van der Waals surface area (Å²) in [6.07, 6.45) is 1.90. The third-order valence-electron chi connectivity index (χ3n) is 3.98. The van der Waals surface area contributed by atoms with Crippen LogP contribution in [0.15, 0.2) is 59.5 Å². The van der Waals surface area contributed by atoms with Crippen molar-refractivity contribution in [2.45, 2.75) is 6.92 Å². The van der Waals surface area contributed by atoms with Gasteiger partial charge in [-0.1, -0.05) is 42.2 Å². The number of rotatable bonds is 3. The van der Waals surface area contributed by atoms with E-state index in [1.165, 1.54) is 11.8 Å². The number of ether oxygens (including phenoxy) is 2. The van der Waals surface area contributed by atoms with Gasteiger partial charge in [-0.3, -0.25) is 4.79 Å². The van der Waals surface area contributed by atoms with Gasteiger partial charge in [0.05, 0.1) is 11.5 Å². The number of nitrogens with one attached hydrogen (secondary N) is 1. The molecule has 1 amide bonds. The molecule has 0 aliphatic carbocycles. The summed E-state index contributed by atoms with van der Waals surface area (Å²) in [7, 11) is 0. The van der Waals surface area contributed by atoms with Crippen LogP contribution in [-0.2, 0) is 4.79 Å². The molecule has 1 N–H and O–H groups in total. The van der Waals surface area contributed by atoms with E-state index in [1.54, 1.807) is 0 Å². The molecule has 0 bridgehead atoms. The van der Waals surface area contributed by atoms with E-state index in [1.807, 2.05) is 61.5 Å². The standard InChI is InChI=1S/C20H15NO3S2/c1-2-23-13-9-7-12(8-10-13)17-11-15(18-19(22)21-20(25)26-18)14-5-3-4-6-16(14)24-17/h3-11H,2H2,1H3,(H,21,22,25). The molecule has 0 aromatic heterocycles. The minimum atomic E-state index is -0.172. The predicted octanol–water partition coefficient (Wildman–Crippen LogP) is 4.38. The summed E-state index contributed by atoms with van der Waals surface area (Å²) in [4.78, 5) is 12.9. The molecule has 0 atom stereocenters. The Morgan fingerprint density at radius 2 is 1.92 bits per heavy atom. The molecular formula is C20H15NO3S2. The van der Waals surface area contributed by atoms with Crippen molar-refractivity contribution in [3.63, 3.8) is 0 Å². The molecule has 130 valence electrons. The Morgan fingerprint density at radius 1 is 1.15 bits per heavy atom. The second kappa shape index (κ2) is 6.97. The first kappa shape index (κ1) is 16.9. The lowest BCUT2D eigenvalue weighted by Gasteiger charge is -2.21. The molecule has 2 heterocycles. The topological polar surface area (TPSA) is 47.6 Å². The Bertz CT molecular complexity index is 961. The molecule has 1 saturated heterocycles. The molecule has 6 heteroatoms. The van der Waals surface area contributed by atoms with Gasteiger partial charge < -0.3 is 14.8 Å². The van der Waals surface area contributed by atoms with Gasteiger partial charge in [0, 0.05) is 16.7 Å². The van der Waals surface area contributed by atoms with Crippen molar-refractivity contribution in [2.24, 2.45) is 0 Å². The highest BCUT2D eigenvalue weighted by Crippen LogP contribution is 2.42. The molecule has 4 nitrogen and oxygen atoms in total. The Labute approximate surface area is 160 Å². The van der Waals surface area contributed by atoms with E-state index in [0.717, 1.165) is 22.4 Å². The van der Waals surface area contributed by atoms with Gasteiger partial charge in [-0.05, 0) is 43.3 Å². The lowest BCUT2D eigenvalue weighted by molar-refractivity contribution is -0.115. The zero-order valence-corrected chi connectivity index (χ0v) is 15.6. The van der Waals surface area contributed by atoms with Crippen LogP contribution in [0.1, 0.15) is 18.1 Å². The molecule has 2 aromatic rings. The van der Waals surface area contributed by atoms with E-state index in [2.05, 4.69) is 5.32 Å². The van der Waals surface area contributed by atoms with Gasteiger partial charge in [-0.2, -0.15) is 0 Å². The predicted molar refractivity (Wildman–Crippen MR) is 108 cm³/mol. The number of thiocarbonyl (C=S) groups is 1. The average Bonchev–Trinajstić information content (AvgIpc) is 3.00. The van der Waals surface area contributed by atoms with Crippen LogP contribution < -0.4 is 14.8 Å². The highest BCUT2D eigenvalue weighted by atomic mass is 32.2. The lowest BCUT2D eigenvalue weighted by atomic mass is 9.99. The molecule has 4 rings (SSSR count). The highest BCUT2D eigenvalue weighted by molar-refractivity contribution is 8.26. The number of thioether (sulfide) groups is 1. The summed E-state index contributed by atoms with van der Waals surface area (Å²) >= 11 is 6.41. The van der Waals surface area contributed by atoms with Gasteiger partial charge >= 0.3 is 0 Å². The van der Waals surface area contributed by atoms with Crippen LogP contribution in [0.2, 0.25) is 0 Å². The van der Waals surface area contributed by atoms with E-state index in [4.69, 9.17) is 21.7 Å². The van der Waals surface area contributed by atoms with Gasteiger partial charge in [-0.25, -0.2) is 0 Å². The van der Waals surface area contributed by atoms with Crippen molar-refractivity contribution in [2.75, 3.05) is 6.61 Å². The summed E-state index contributed by atoms with van der Waals surface area (Å²) in [5.74, 6) is 2.03. The normalized spacial score (nSPS) is 18.7. The van der Waals surface area contributed by atoms with Crippen molar-refractivity contribution in [1.29, 1.82) is 0 Å². The average molecular weight is 381 g/mol. The maximum Gasteiger partial charge on any atom is 0.264 e. The number of hydrogen-bond acceptors (Lipinski definition) is 5. The fourth-order valence-corrected chi connectivity index (χ4v) is 3.93.